The van der Waals surface area contributed by atoms with Crippen LogP contribution in [0.25, 0.3) is 11.5 Å². The SMILES string of the molecule is Cc1cnc(-c2cccc(C(=O)NC3CCC(CCN4CCc5ccc(S(C)(=O)=O)cc5CC4)CC3)c2)o1.Cl. The van der Waals surface area contributed by atoms with Crippen molar-refractivity contribution in [3.05, 3.63) is 71.1 Å². The van der Waals surface area contributed by atoms with Gasteiger partial charge in [0.1, 0.15) is 5.76 Å². The second-order valence-electron chi connectivity index (χ2n) is 10.9. The lowest BCUT2D eigenvalue weighted by Crippen LogP contribution is -2.38. The van der Waals surface area contributed by atoms with E-state index in [9.17, 15) is 13.2 Å². The number of carbonyl (C=O) groups excluding carboxylic acids is 1. The highest BCUT2D eigenvalue weighted by atomic mass is 35.5. The van der Waals surface area contributed by atoms with Crippen LogP contribution in [0, 0.1) is 12.8 Å². The highest BCUT2D eigenvalue weighted by Gasteiger charge is 2.24. The van der Waals surface area contributed by atoms with Gasteiger partial charge in [0, 0.05) is 36.5 Å². The van der Waals surface area contributed by atoms with Crippen molar-refractivity contribution in [2.75, 3.05) is 25.9 Å². The summed E-state index contributed by atoms with van der Waals surface area (Å²) in [4.78, 5) is 20.1. The maximum absolute atomic E-state index is 12.9. The molecule has 1 amide bonds. The topological polar surface area (TPSA) is 92.5 Å². The number of benzene rings is 2. The van der Waals surface area contributed by atoms with Gasteiger partial charge in [0.15, 0.2) is 9.84 Å². The Balaban J connectivity index is 0.00000353. The van der Waals surface area contributed by atoms with Crippen LogP contribution in [0.15, 0.2) is 58.0 Å². The van der Waals surface area contributed by atoms with E-state index in [1.54, 1.807) is 12.3 Å². The van der Waals surface area contributed by atoms with Crippen molar-refractivity contribution in [1.29, 1.82) is 0 Å². The normalized spacial score (nSPS) is 19.9. The van der Waals surface area contributed by atoms with Gasteiger partial charge in [-0.2, -0.15) is 0 Å². The fraction of sp³-hybridized carbons (Fsp3) is 0.467. The largest absolute Gasteiger partial charge is 0.441 e. The van der Waals surface area contributed by atoms with Crippen molar-refractivity contribution in [1.82, 2.24) is 15.2 Å². The molecule has 0 unspecified atom stereocenters. The summed E-state index contributed by atoms with van der Waals surface area (Å²) in [6.07, 6.45) is 10.3. The molecule has 1 aliphatic heterocycles. The minimum Gasteiger partial charge on any atom is -0.441 e. The van der Waals surface area contributed by atoms with Gasteiger partial charge in [-0.05, 0) is 106 Å². The molecule has 1 aliphatic carbocycles. The smallest absolute Gasteiger partial charge is 0.251 e. The summed E-state index contributed by atoms with van der Waals surface area (Å²) in [5.41, 5.74) is 3.89. The van der Waals surface area contributed by atoms with Crippen LogP contribution in [0.4, 0.5) is 0 Å². The molecule has 1 saturated carbocycles. The molecule has 0 spiro atoms. The molecule has 1 fully saturated rings. The summed E-state index contributed by atoms with van der Waals surface area (Å²) in [6, 6.07) is 13.3. The molecule has 2 aromatic carbocycles. The number of halogens is 1. The maximum Gasteiger partial charge on any atom is 0.251 e. The molecule has 210 valence electrons. The summed E-state index contributed by atoms with van der Waals surface area (Å²) in [6.45, 7) is 4.91. The number of oxazole rings is 1. The third kappa shape index (κ3) is 7.50. The Bertz CT molecular complexity index is 1400. The van der Waals surface area contributed by atoms with Gasteiger partial charge < -0.3 is 14.6 Å². The predicted molar refractivity (Wildman–Crippen MR) is 155 cm³/mol. The fourth-order valence-corrected chi connectivity index (χ4v) is 6.38. The second-order valence-corrected chi connectivity index (χ2v) is 12.9. The van der Waals surface area contributed by atoms with Gasteiger partial charge in [0.05, 0.1) is 11.1 Å². The lowest BCUT2D eigenvalue weighted by atomic mass is 9.84. The molecule has 0 atom stereocenters. The Hall–Kier alpha value is -2.68. The van der Waals surface area contributed by atoms with Crippen LogP contribution in [0.3, 0.4) is 0 Å². The molecule has 9 heteroatoms. The lowest BCUT2D eigenvalue weighted by molar-refractivity contribution is 0.0920. The van der Waals surface area contributed by atoms with E-state index in [4.69, 9.17) is 4.42 Å². The number of amides is 1. The highest BCUT2D eigenvalue weighted by Crippen LogP contribution is 2.28. The van der Waals surface area contributed by atoms with E-state index in [0.717, 1.165) is 69.5 Å². The van der Waals surface area contributed by atoms with Gasteiger partial charge in [-0.3, -0.25) is 4.79 Å². The molecule has 7 nitrogen and oxygen atoms in total. The first-order chi connectivity index (χ1) is 18.2. The molecule has 39 heavy (non-hydrogen) atoms. The summed E-state index contributed by atoms with van der Waals surface area (Å²) < 4.78 is 29.5. The number of nitrogens with zero attached hydrogens (tertiary/aromatic N) is 2. The molecule has 0 bridgehead atoms. The zero-order valence-corrected chi connectivity index (χ0v) is 24.3. The van der Waals surface area contributed by atoms with E-state index in [-0.39, 0.29) is 24.4 Å². The van der Waals surface area contributed by atoms with E-state index < -0.39 is 9.84 Å². The fourth-order valence-electron chi connectivity index (χ4n) is 5.71. The Labute approximate surface area is 237 Å². The van der Waals surface area contributed by atoms with Crippen LogP contribution < -0.4 is 5.32 Å². The number of carbonyl (C=O) groups is 1. The first kappa shape index (κ1) is 29.3. The lowest BCUT2D eigenvalue weighted by Gasteiger charge is -2.30. The van der Waals surface area contributed by atoms with Crippen LogP contribution in [0.1, 0.15) is 59.3 Å². The number of rotatable bonds is 7. The van der Waals surface area contributed by atoms with Gasteiger partial charge in [0.2, 0.25) is 5.89 Å². The molecule has 2 aliphatic rings. The van der Waals surface area contributed by atoms with E-state index in [1.165, 1.54) is 23.8 Å². The van der Waals surface area contributed by atoms with Crippen LogP contribution in [0.5, 0.6) is 0 Å². The van der Waals surface area contributed by atoms with Gasteiger partial charge in [-0.15, -0.1) is 12.4 Å². The van der Waals surface area contributed by atoms with Crippen molar-refractivity contribution in [3.8, 4) is 11.5 Å². The zero-order valence-electron chi connectivity index (χ0n) is 22.7. The number of aromatic nitrogens is 1. The average molecular weight is 572 g/mol. The van der Waals surface area contributed by atoms with Crippen LogP contribution in [-0.2, 0) is 22.7 Å². The van der Waals surface area contributed by atoms with E-state index in [1.807, 2.05) is 43.3 Å². The maximum atomic E-state index is 12.9. The summed E-state index contributed by atoms with van der Waals surface area (Å²) in [5, 5.41) is 3.24. The molecule has 3 aromatic rings. The molecule has 5 rings (SSSR count). The third-order valence-electron chi connectivity index (χ3n) is 8.03. The van der Waals surface area contributed by atoms with Crippen molar-refractivity contribution < 1.29 is 17.6 Å². The molecule has 1 aromatic heterocycles. The molecule has 0 saturated heterocycles. The number of fused-ring (bicyclic) bond motifs is 1. The average Bonchev–Trinajstić information content (AvgIpc) is 3.24. The van der Waals surface area contributed by atoms with Crippen LogP contribution >= 0.6 is 12.4 Å². The summed E-state index contributed by atoms with van der Waals surface area (Å²) >= 11 is 0. The van der Waals surface area contributed by atoms with Crippen LogP contribution in [-0.4, -0.2) is 56.1 Å². The first-order valence-corrected chi connectivity index (χ1v) is 15.5. The van der Waals surface area contributed by atoms with Gasteiger partial charge >= 0.3 is 0 Å². The van der Waals surface area contributed by atoms with Crippen molar-refractivity contribution >= 4 is 28.2 Å². The van der Waals surface area contributed by atoms with Gasteiger partial charge in [0.25, 0.3) is 5.91 Å². The van der Waals surface area contributed by atoms with E-state index in [2.05, 4.69) is 15.2 Å². The number of hydrogen-bond donors (Lipinski definition) is 1. The minimum absolute atomic E-state index is 0. The van der Waals surface area contributed by atoms with Crippen molar-refractivity contribution in [2.45, 2.75) is 62.8 Å². The highest BCUT2D eigenvalue weighted by molar-refractivity contribution is 7.90. The van der Waals surface area contributed by atoms with E-state index >= 15 is 0 Å². The van der Waals surface area contributed by atoms with Crippen LogP contribution in [0.2, 0.25) is 0 Å². The first-order valence-electron chi connectivity index (χ1n) is 13.6. The quantitative estimate of drug-likeness (QED) is 0.416. The minimum atomic E-state index is -3.17. The second kappa shape index (κ2) is 12.7. The zero-order chi connectivity index (χ0) is 26.7. The monoisotopic (exact) mass is 571 g/mol. The number of aryl methyl sites for hydroxylation is 1. The summed E-state index contributed by atoms with van der Waals surface area (Å²) in [5.74, 6) is 1.92. The number of hydrogen-bond acceptors (Lipinski definition) is 6. The predicted octanol–water partition coefficient (Wildman–Crippen LogP) is 5.25. The summed E-state index contributed by atoms with van der Waals surface area (Å²) in [7, 11) is -3.17. The van der Waals surface area contributed by atoms with E-state index in [0.29, 0.717) is 22.3 Å². The van der Waals surface area contributed by atoms with Crippen molar-refractivity contribution in [3.63, 3.8) is 0 Å². The Morgan fingerprint density at radius 2 is 1.79 bits per heavy atom. The molecule has 1 N–H and O–H groups in total. The number of nitrogens with one attached hydrogen (secondary N) is 1. The van der Waals surface area contributed by atoms with Crippen molar-refractivity contribution in [2.24, 2.45) is 5.92 Å². The third-order valence-corrected chi connectivity index (χ3v) is 9.14. The van der Waals surface area contributed by atoms with Gasteiger partial charge in [-0.25, -0.2) is 13.4 Å². The Kier molecular flexibility index (Phi) is 9.51. The number of sulfone groups is 1. The van der Waals surface area contributed by atoms with Gasteiger partial charge in [-0.1, -0.05) is 12.1 Å². The molecular weight excluding hydrogens is 534 g/mol. The molecular formula is C30H38ClN3O4S. The molecule has 0 radical (unpaired) electrons. The standard InChI is InChI=1S/C30H37N3O4S.ClH/c1-21-20-31-30(37-21)26-5-3-4-25(18-26)29(34)32-27-9-6-22(7-10-27)12-15-33-16-13-23-8-11-28(38(2,35)36)19-24(23)14-17-33;/h3-5,8,11,18-20,22,27H,6-7,9-10,12-17H2,1-2H3,(H,32,34);1H. The molecule has 2 heterocycles. The Morgan fingerprint density at radius 3 is 2.49 bits per heavy atom. The Morgan fingerprint density at radius 1 is 1.05 bits per heavy atom.